The van der Waals surface area contributed by atoms with Crippen LogP contribution < -0.4 is 5.32 Å². The second-order valence-electron chi connectivity index (χ2n) is 3.45. The van der Waals surface area contributed by atoms with Crippen LogP contribution in [0.25, 0.3) is 0 Å². The smallest absolute Gasteiger partial charge is 0.161 e. The number of phenols is 2. The Bertz CT molecular complexity index is 371. The zero-order valence-corrected chi connectivity index (χ0v) is 8.57. The van der Waals surface area contributed by atoms with Crippen LogP contribution >= 0.6 is 0 Å². The Labute approximate surface area is 88.8 Å². The van der Waals surface area contributed by atoms with Crippen LogP contribution in [0.4, 0.5) is 0 Å². The molecule has 0 bridgehead atoms. The lowest BCUT2D eigenvalue weighted by Crippen LogP contribution is -2.19. The van der Waals surface area contributed by atoms with Crippen molar-refractivity contribution < 1.29 is 10.2 Å². The molecule has 4 nitrogen and oxygen atoms in total. The normalized spacial score (nSPS) is 12.0. The van der Waals surface area contributed by atoms with Gasteiger partial charge >= 0.3 is 0 Å². The van der Waals surface area contributed by atoms with Gasteiger partial charge in [0, 0.05) is 18.7 Å². The van der Waals surface area contributed by atoms with Crippen LogP contribution in [0.15, 0.2) is 18.2 Å². The maximum Gasteiger partial charge on any atom is 0.161 e. The Balaban J connectivity index is 2.52. The molecule has 80 valence electrons. The molecule has 0 amide bonds. The Hall–Kier alpha value is -1.73. The fourth-order valence-electron chi connectivity index (χ4n) is 1.19. The fraction of sp³-hybridized carbons (Fsp3) is 0.364. The van der Waals surface area contributed by atoms with Crippen LogP contribution in [0.2, 0.25) is 0 Å². The first kappa shape index (κ1) is 11.3. The molecule has 1 aromatic carbocycles. The molecule has 0 saturated heterocycles. The third kappa shape index (κ3) is 3.15. The van der Waals surface area contributed by atoms with Gasteiger partial charge in [-0.15, -0.1) is 0 Å². The van der Waals surface area contributed by atoms with Crippen molar-refractivity contribution in [2.75, 3.05) is 6.54 Å². The van der Waals surface area contributed by atoms with Crippen molar-refractivity contribution in [2.45, 2.75) is 13.5 Å². The van der Waals surface area contributed by atoms with Crippen LogP contribution in [-0.2, 0) is 6.54 Å². The van der Waals surface area contributed by atoms with Gasteiger partial charge in [0.1, 0.15) is 0 Å². The largest absolute Gasteiger partial charge is 0.504 e. The van der Waals surface area contributed by atoms with Gasteiger partial charge in [-0.2, -0.15) is 5.26 Å². The minimum atomic E-state index is -0.123. The molecule has 0 aliphatic heterocycles. The van der Waals surface area contributed by atoms with E-state index in [1.807, 2.05) is 6.92 Å². The number of benzene rings is 1. The zero-order chi connectivity index (χ0) is 11.3. The van der Waals surface area contributed by atoms with Crippen LogP contribution in [0.1, 0.15) is 12.5 Å². The van der Waals surface area contributed by atoms with Gasteiger partial charge in [0.2, 0.25) is 0 Å². The summed E-state index contributed by atoms with van der Waals surface area (Å²) in [5.74, 6) is -0.290. The third-order valence-electron chi connectivity index (χ3n) is 2.08. The number of hydrogen-bond acceptors (Lipinski definition) is 4. The van der Waals surface area contributed by atoms with Crippen LogP contribution in [0.3, 0.4) is 0 Å². The quantitative estimate of drug-likeness (QED) is 0.650. The van der Waals surface area contributed by atoms with Gasteiger partial charge in [0.05, 0.1) is 12.0 Å². The first-order chi connectivity index (χ1) is 7.15. The molecule has 4 heteroatoms. The van der Waals surface area contributed by atoms with E-state index in [2.05, 4.69) is 11.4 Å². The maximum atomic E-state index is 9.46. The molecule has 0 aliphatic rings. The SMILES string of the molecule is CC(C#N)CNCc1cccc(O)c1O. The predicted molar refractivity (Wildman–Crippen MR) is 56.3 cm³/mol. The van der Waals surface area contributed by atoms with E-state index in [9.17, 15) is 10.2 Å². The third-order valence-corrected chi connectivity index (χ3v) is 2.08. The van der Waals surface area contributed by atoms with Crippen molar-refractivity contribution in [3.8, 4) is 17.6 Å². The summed E-state index contributed by atoms with van der Waals surface area (Å²) < 4.78 is 0. The monoisotopic (exact) mass is 206 g/mol. The standard InChI is InChI=1S/C11H14N2O2/c1-8(5-12)6-13-7-9-3-2-4-10(14)11(9)15/h2-4,8,13-15H,6-7H2,1H3. The van der Waals surface area contributed by atoms with Crippen molar-refractivity contribution in [2.24, 2.45) is 5.92 Å². The number of nitrogens with one attached hydrogen (secondary N) is 1. The highest BCUT2D eigenvalue weighted by Crippen LogP contribution is 2.27. The molecular formula is C11H14N2O2. The van der Waals surface area contributed by atoms with E-state index in [1.54, 1.807) is 12.1 Å². The van der Waals surface area contributed by atoms with Crippen molar-refractivity contribution >= 4 is 0 Å². The number of nitriles is 1. The number of rotatable bonds is 4. The molecular weight excluding hydrogens is 192 g/mol. The van der Waals surface area contributed by atoms with Crippen molar-refractivity contribution in [3.05, 3.63) is 23.8 Å². The topological polar surface area (TPSA) is 76.3 Å². The Morgan fingerprint density at radius 1 is 1.47 bits per heavy atom. The minimum absolute atomic E-state index is 0.0653. The van der Waals surface area contributed by atoms with Gasteiger partial charge < -0.3 is 15.5 Å². The lowest BCUT2D eigenvalue weighted by Gasteiger charge is -2.08. The number of para-hydroxylation sites is 1. The average molecular weight is 206 g/mol. The van der Waals surface area contributed by atoms with Gasteiger partial charge in [-0.1, -0.05) is 12.1 Å². The molecule has 0 spiro atoms. The second kappa shape index (κ2) is 5.23. The molecule has 0 saturated carbocycles. The molecule has 0 radical (unpaired) electrons. The van der Waals surface area contributed by atoms with E-state index in [0.29, 0.717) is 18.7 Å². The summed E-state index contributed by atoms with van der Waals surface area (Å²) in [6.07, 6.45) is 0. The molecule has 1 rings (SSSR count). The molecule has 0 fully saturated rings. The Morgan fingerprint density at radius 2 is 2.20 bits per heavy atom. The highest BCUT2D eigenvalue weighted by molar-refractivity contribution is 5.44. The van der Waals surface area contributed by atoms with Crippen LogP contribution in [0, 0.1) is 17.2 Å². The molecule has 15 heavy (non-hydrogen) atoms. The first-order valence-corrected chi connectivity index (χ1v) is 4.75. The van der Waals surface area contributed by atoms with E-state index in [-0.39, 0.29) is 17.4 Å². The summed E-state index contributed by atoms with van der Waals surface area (Å²) in [5.41, 5.74) is 0.625. The number of hydrogen-bond donors (Lipinski definition) is 3. The van der Waals surface area contributed by atoms with E-state index in [4.69, 9.17) is 5.26 Å². The summed E-state index contributed by atoms with van der Waals surface area (Å²) in [5, 5.41) is 30.3. The highest BCUT2D eigenvalue weighted by Gasteiger charge is 2.05. The summed E-state index contributed by atoms with van der Waals surface area (Å²) in [7, 11) is 0. The lowest BCUT2D eigenvalue weighted by molar-refractivity contribution is 0.397. The molecule has 1 unspecified atom stereocenters. The summed E-state index contributed by atoms with van der Waals surface area (Å²) >= 11 is 0. The van der Waals surface area contributed by atoms with Gasteiger partial charge in [0.25, 0.3) is 0 Å². The van der Waals surface area contributed by atoms with Crippen molar-refractivity contribution in [3.63, 3.8) is 0 Å². The number of nitrogens with zero attached hydrogens (tertiary/aromatic N) is 1. The molecule has 1 aromatic rings. The van der Waals surface area contributed by atoms with E-state index in [1.165, 1.54) is 6.07 Å². The van der Waals surface area contributed by atoms with E-state index >= 15 is 0 Å². The second-order valence-corrected chi connectivity index (χ2v) is 3.45. The fourth-order valence-corrected chi connectivity index (χ4v) is 1.19. The molecule has 0 heterocycles. The predicted octanol–water partition coefficient (Wildman–Crippen LogP) is 1.35. The Kier molecular flexibility index (Phi) is 3.95. The minimum Gasteiger partial charge on any atom is -0.504 e. The molecule has 0 aliphatic carbocycles. The lowest BCUT2D eigenvalue weighted by atomic mass is 10.1. The molecule has 1 atom stereocenters. The molecule has 0 aromatic heterocycles. The average Bonchev–Trinajstić information content (AvgIpc) is 2.24. The van der Waals surface area contributed by atoms with Gasteiger partial charge in [0.15, 0.2) is 11.5 Å². The van der Waals surface area contributed by atoms with Gasteiger partial charge in [-0.25, -0.2) is 0 Å². The van der Waals surface area contributed by atoms with Gasteiger partial charge in [-0.3, -0.25) is 0 Å². The van der Waals surface area contributed by atoms with Crippen molar-refractivity contribution in [1.29, 1.82) is 5.26 Å². The summed E-state index contributed by atoms with van der Waals surface area (Å²) in [6.45, 7) is 2.81. The number of aromatic hydroxyl groups is 2. The first-order valence-electron chi connectivity index (χ1n) is 4.75. The van der Waals surface area contributed by atoms with Crippen molar-refractivity contribution in [1.82, 2.24) is 5.32 Å². The van der Waals surface area contributed by atoms with E-state index < -0.39 is 0 Å². The Morgan fingerprint density at radius 3 is 2.87 bits per heavy atom. The highest BCUT2D eigenvalue weighted by atomic mass is 16.3. The zero-order valence-electron chi connectivity index (χ0n) is 8.57. The maximum absolute atomic E-state index is 9.46. The van der Waals surface area contributed by atoms with Crippen LogP contribution in [0.5, 0.6) is 11.5 Å². The van der Waals surface area contributed by atoms with Gasteiger partial charge in [-0.05, 0) is 13.0 Å². The number of phenolic OH excluding ortho intramolecular Hbond substituents is 2. The van der Waals surface area contributed by atoms with E-state index in [0.717, 1.165) is 0 Å². The summed E-state index contributed by atoms with van der Waals surface area (Å²) in [4.78, 5) is 0. The summed E-state index contributed by atoms with van der Waals surface area (Å²) in [6, 6.07) is 6.92. The van der Waals surface area contributed by atoms with Crippen LogP contribution in [-0.4, -0.2) is 16.8 Å². The molecule has 3 N–H and O–H groups in total.